The molecule has 0 N–H and O–H groups in total. The van der Waals surface area contributed by atoms with E-state index in [9.17, 15) is 0 Å². The number of hydrogen-bond acceptors (Lipinski definition) is 4. The van der Waals surface area contributed by atoms with Crippen LogP contribution in [0.15, 0.2) is 182 Å². The van der Waals surface area contributed by atoms with Crippen LogP contribution in [0.25, 0.3) is 51.1 Å². The molecule has 2 heterocycles. The van der Waals surface area contributed by atoms with Crippen LogP contribution in [0.3, 0.4) is 0 Å². The predicted molar refractivity (Wildman–Crippen MR) is 219 cm³/mol. The third kappa shape index (κ3) is 4.84. The van der Waals surface area contributed by atoms with Crippen molar-refractivity contribution in [3.63, 3.8) is 0 Å². The number of nitrogens with zero attached hydrogens (tertiary/aromatic N) is 2. The summed E-state index contributed by atoms with van der Waals surface area (Å²) in [6.07, 6.45) is 0. The Morgan fingerprint density at radius 1 is 0.280 bits per heavy atom. The zero-order valence-corrected chi connectivity index (χ0v) is 28.7. The summed E-state index contributed by atoms with van der Waals surface area (Å²) in [5.41, 5.74) is 6.68. The Labute approximate surface area is 298 Å². The van der Waals surface area contributed by atoms with Crippen LogP contribution < -0.4 is 9.80 Å². The van der Waals surface area contributed by atoms with Crippen molar-refractivity contribution in [2.45, 2.75) is 0 Å². The van der Waals surface area contributed by atoms with Crippen LogP contribution in [0.1, 0.15) is 0 Å². The fourth-order valence-electron chi connectivity index (χ4n) is 7.28. The number of hydrogen-bond donors (Lipinski definition) is 0. The molecule has 0 atom stereocenters. The molecular weight excluding hydrogens is 645 g/mol. The molecule has 0 bridgehead atoms. The quantitative estimate of drug-likeness (QED) is 0.173. The zero-order valence-electron chi connectivity index (χ0n) is 27.0. The van der Waals surface area contributed by atoms with Gasteiger partial charge < -0.3 is 9.80 Å². The van der Waals surface area contributed by atoms with Crippen molar-refractivity contribution in [3.8, 4) is 0 Å². The second-order valence-corrected chi connectivity index (χ2v) is 14.8. The first kappa shape index (κ1) is 29.0. The lowest BCUT2D eigenvalue weighted by Gasteiger charge is -2.33. The SMILES string of the molecule is c1ccc(N(c2ccc3sc4ccccc4c3c2)c2cc3sc4cc5ccccc5cc4c3cc2N(c2ccccc2)c2ccccc2)cc1. The molecule has 0 amide bonds. The van der Waals surface area contributed by atoms with E-state index < -0.39 is 0 Å². The molecule has 4 heteroatoms. The molecule has 236 valence electrons. The molecule has 10 rings (SSSR count). The predicted octanol–water partition coefficient (Wildman–Crippen LogP) is 14.5. The minimum absolute atomic E-state index is 1.11. The standard InChI is InChI=1S/C46H30N2S2/c1-4-16-33(17-5-1)47(34-18-6-2-7-19-34)41-29-40-38-26-31-14-10-11-15-32(31)27-45(38)50-46(40)30-42(41)48(35-20-8-3-9-21-35)36-24-25-44-39(28-36)37-22-12-13-23-43(37)49-44/h1-30H. The summed E-state index contributed by atoms with van der Waals surface area (Å²) in [5.74, 6) is 0. The van der Waals surface area contributed by atoms with Gasteiger partial charge in [-0.3, -0.25) is 0 Å². The molecule has 2 nitrogen and oxygen atoms in total. The van der Waals surface area contributed by atoms with Crippen LogP contribution in [0.4, 0.5) is 34.1 Å². The maximum absolute atomic E-state index is 2.44. The average molecular weight is 675 g/mol. The minimum atomic E-state index is 1.11. The van der Waals surface area contributed by atoms with E-state index in [0.717, 1.165) is 34.1 Å². The van der Waals surface area contributed by atoms with E-state index >= 15 is 0 Å². The van der Waals surface area contributed by atoms with Crippen LogP contribution in [0.5, 0.6) is 0 Å². The highest BCUT2D eigenvalue weighted by Gasteiger charge is 2.25. The molecule has 0 aliphatic carbocycles. The highest BCUT2D eigenvalue weighted by molar-refractivity contribution is 7.26. The summed E-state index contributed by atoms with van der Waals surface area (Å²) < 4.78 is 5.17. The van der Waals surface area contributed by atoms with Crippen molar-refractivity contribution < 1.29 is 0 Å². The van der Waals surface area contributed by atoms with E-state index in [1.807, 2.05) is 22.7 Å². The van der Waals surface area contributed by atoms with E-state index in [1.165, 1.54) is 51.1 Å². The molecule has 50 heavy (non-hydrogen) atoms. The van der Waals surface area contributed by atoms with E-state index in [-0.39, 0.29) is 0 Å². The second kappa shape index (κ2) is 11.9. The van der Waals surface area contributed by atoms with Gasteiger partial charge in [-0.25, -0.2) is 0 Å². The van der Waals surface area contributed by atoms with Gasteiger partial charge in [-0.05, 0) is 95.7 Å². The Bertz CT molecular complexity index is 2780. The van der Waals surface area contributed by atoms with Crippen LogP contribution in [-0.4, -0.2) is 0 Å². The van der Waals surface area contributed by atoms with Gasteiger partial charge in [-0.2, -0.15) is 0 Å². The fourth-order valence-corrected chi connectivity index (χ4v) is 9.52. The number of rotatable bonds is 6. The van der Waals surface area contributed by atoms with Crippen molar-refractivity contribution in [1.29, 1.82) is 0 Å². The molecule has 8 aromatic carbocycles. The van der Waals surface area contributed by atoms with E-state index in [1.54, 1.807) is 0 Å². The van der Waals surface area contributed by atoms with Gasteiger partial charge in [0.1, 0.15) is 0 Å². The molecule has 0 spiro atoms. The number of benzene rings is 8. The van der Waals surface area contributed by atoms with Crippen LogP contribution in [0, 0.1) is 0 Å². The molecular formula is C46H30N2S2. The Morgan fingerprint density at radius 2 is 0.740 bits per heavy atom. The Morgan fingerprint density at radius 3 is 1.42 bits per heavy atom. The fraction of sp³-hybridized carbons (Fsp3) is 0. The van der Waals surface area contributed by atoms with Gasteiger partial charge in [-0.15, -0.1) is 22.7 Å². The zero-order chi connectivity index (χ0) is 33.0. The van der Waals surface area contributed by atoms with Crippen molar-refractivity contribution in [1.82, 2.24) is 0 Å². The molecule has 2 aromatic heterocycles. The molecule has 0 saturated carbocycles. The Hall–Kier alpha value is -5.94. The summed E-state index contributed by atoms with van der Waals surface area (Å²) in [7, 11) is 0. The summed E-state index contributed by atoms with van der Waals surface area (Å²) >= 11 is 3.73. The first-order chi connectivity index (χ1) is 24.8. The lowest BCUT2D eigenvalue weighted by atomic mass is 10.0. The Kier molecular flexibility index (Phi) is 6.90. The minimum Gasteiger partial charge on any atom is -0.308 e. The van der Waals surface area contributed by atoms with Gasteiger partial charge in [0.2, 0.25) is 0 Å². The van der Waals surface area contributed by atoms with Crippen molar-refractivity contribution in [3.05, 3.63) is 182 Å². The molecule has 10 aromatic rings. The summed E-state index contributed by atoms with van der Waals surface area (Å²) in [6, 6.07) is 66.2. The molecule has 0 radical (unpaired) electrons. The number of para-hydroxylation sites is 3. The Balaban J connectivity index is 1.31. The number of anilines is 6. The summed E-state index contributed by atoms with van der Waals surface area (Å²) in [5, 5.41) is 7.65. The maximum Gasteiger partial charge on any atom is 0.0716 e. The first-order valence-electron chi connectivity index (χ1n) is 16.8. The highest BCUT2D eigenvalue weighted by atomic mass is 32.1. The number of thiophene rings is 2. The van der Waals surface area contributed by atoms with E-state index in [4.69, 9.17) is 0 Å². The molecule has 0 unspecified atom stereocenters. The van der Waals surface area contributed by atoms with Crippen LogP contribution >= 0.6 is 22.7 Å². The van der Waals surface area contributed by atoms with Crippen LogP contribution in [0.2, 0.25) is 0 Å². The van der Waals surface area contributed by atoms with Gasteiger partial charge >= 0.3 is 0 Å². The van der Waals surface area contributed by atoms with Crippen LogP contribution in [-0.2, 0) is 0 Å². The highest BCUT2D eigenvalue weighted by Crippen LogP contribution is 2.50. The third-order valence-corrected chi connectivity index (χ3v) is 11.8. The molecule has 0 aliphatic rings. The first-order valence-corrected chi connectivity index (χ1v) is 18.5. The third-order valence-electron chi connectivity index (χ3n) is 9.58. The topological polar surface area (TPSA) is 6.48 Å². The van der Waals surface area contributed by atoms with Crippen molar-refractivity contribution in [2.75, 3.05) is 9.80 Å². The summed E-state index contributed by atoms with van der Waals surface area (Å²) in [6.45, 7) is 0. The van der Waals surface area contributed by atoms with Crippen molar-refractivity contribution >= 4 is 108 Å². The van der Waals surface area contributed by atoms with Gasteiger partial charge in [0, 0.05) is 63.1 Å². The maximum atomic E-state index is 2.44. The second-order valence-electron chi connectivity index (χ2n) is 12.6. The van der Waals surface area contributed by atoms with Gasteiger partial charge in [0.05, 0.1) is 11.4 Å². The van der Waals surface area contributed by atoms with Gasteiger partial charge in [0.25, 0.3) is 0 Å². The normalized spacial score (nSPS) is 11.6. The average Bonchev–Trinajstić information content (AvgIpc) is 3.72. The summed E-state index contributed by atoms with van der Waals surface area (Å²) in [4.78, 5) is 4.86. The van der Waals surface area contributed by atoms with Gasteiger partial charge in [0.15, 0.2) is 0 Å². The van der Waals surface area contributed by atoms with Gasteiger partial charge in [-0.1, -0.05) is 97.1 Å². The smallest absolute Gasteiger partial charge is 0.0716 e. The van der Waals surface area contributed by atoms with E-state index in [2.05, 4.69) is 192 Å². The lowest BCUT2D eigenvalue weighted by molar-refractivity contribution is 1.24. The van der Waals surface area contributed by atoms with Crippen molar-refractivity contribution in [2.24, 2.45) is 0 Å². The molecule has 0 aliphatic heterocycles. The lowest BCUT2D eigenvalue weighted by Crippen LogP contribution is -2.17. The largest absolute Gasteiger partial charge is 0.308 e. The number of fused-ring (bicyclic) bond motifs is 7. The molecule has 0 saturated heterocycles. The monoisotopic (exact) mass is 674 g/mol. The van der Waals surface area contributed by atoms with E-state index in [0.29, 0.717) is 0 Å². The molecule has 0 fully saturated rings.